The van der Waals surface area contributed by atoms with Gasteiger partial charge in [-0.2, -0.15) is 0 Å². The SMILES string of the molecule is CC(C)(CN)CCCOCc1ccc(Cl)cc1. The summed E-state index contributed by atoms with van der Waals surface area (Å²) in [5, 5.41) is 0.762. The number of hydrogen-bond donors (Lipinski definition) is 1. The van der Waals surface area contributed by atoms with Crippen LogP contribution in [0.25, 0.3) is 0 Å². The topological polar surface area (TPSA) is 35.2 Å². The third kappa shape index (κ3) is 6.06. The molecule has 0 aromatic heterocycles. The number of hydrogen-bond acceptors (Lipinski definition) is 2. The van der Waals surface area contributed by atoms with Crippen LogP contribution >= 0.6 is 11.6 Å². The molecule has 2 N–H and O–H groups in total. The van der Waals surface area contributed by atoms with Crippen LogP contribution in [0.4, 0.5) is 0 Å². The molecule has 0 radical (unpaired) electrons. The van der Waals surface area contributed by atoms with Crippen molar-refractivity contribution in [3.8, 4) is 0 Å². The molecule has 0 unspecified atom stereocenters. The van der Waals surface area contributed by atoms with E-state index in [1.54, 1.807) is 0 Å². The summed E-state index contributed by atoms with van der Waals surface area (Å²) in [6, 6.07) is 7.76. The van der Waals surface area contributed by atoms with E-state index < -0.39 is 0 Å². The van der Waals surface area contributed by atoms with E-state index in [9.17, 15) is 0 Å². The van der Waals surface area contributed by atoms with Crippen LogP contribution in [0.5, 0.6) is 0 Å². The lowest BCUT2D eigenvalue weighted by atomic mass is 9.88. The third-order valence-electron chi connectivity index (χ3n) is 2.88. The van der Waals surface area contributed by atoms with Crippen molar-refractivity contribution in [1.29, 1.82) is 0 Å². The highest BCUT2D eigenvalue weighted by molar-refractivity contribution is 6.30. The third-order valence-corrected chi connectivity index (χ3v) is 3.13. The maximum atomic E-state index is 5.81. The minimum absolute atomic E-state index is 0.226. The molecule has 96 valence electrons. The van der Waals surface area contributed by atoms with Gasteiger partial charge in [-0.05, 0) is 42.5 Å². The van der Waals surface area contributed by atoms with Crippen molar-refractivity contribution in [2.45, 2.75) is 33.3 Å². The summed E-state index contributed by atoms with van der Waals surface area (Å²) in [4.78, 5) is 0. The largest absolute Gasteiger partial charge is 0.377 e. The number of halogens is 1. The summed E-state index contributed by atoms with van der Waals surface area (Å²) < 4.78 is 5.62. The summed E-state index contributed by atoms with van der Waals surface area (Å²) in [6.45, 7) is 6.54. The Morgan fingerprint density at radius 3 is 2.47 bits per heavy atom. The van der Waals surface area contributed by atoms with Crippen LogP contribution in [-0.2, 0) is 11.3 Å². The van der Waals surface area contributed by atoms with Gasteiger partial charge < -0.3 is 10.5 Å². The van der Waals surface area contributed by atoms with Gasteiger partial charge in [-0.3, -0.25) is 0 Å². The molecular weight excluding hydrogens is 234 g/mol. The molecule has 0 fully saturated rings. The van der Waals surface area contributed by atoms with E-state index in [1.807, 2.05) is 24.3 Å². The van der Waals surface area contributed by atoms with Gasteiger partial charge in [0.1, 0.15) is 0 Å². The van der Waals surface area contributed by atoms with Gasteiger partial charge in [0, 0.05) is 11.6 Å². The van der Waals surface area contributed by atoms with E-state index in [2.05, 4.69) is 13.8 Å². The quantitative estimate of drug-likeness (QED) is 0.756. The fourth-order valence-electron chi connectivity index (χ4n) is 1.53. The molecule has 1 rings (SSSR count). The second-order valence-electron chi connectivity index (χ2n) is 5.15. The molecule has 0 aliphatic carbocycles. The van der Waals surface area contributed by atoms with Gasteiger partial charge in [0.05, 0.1) is 6.61 Å². The maximum absolute atomic E-state index is 5.81. The Morgan fingerprint density at radius 2 is 1.88 bits per heavy atom. The molecular formula is C14H22ClNO. The summed E-state index contributed by atoms with van der Waals surface area (Å²) >= 11 is 5.81. The Hall–Kier alpha value is -0.570. The zero-order chi connectivity index (χ0) is 12.7. The predicted octanol–water partition coefficient (Wildman–Crippen LogP) is 3.62. The summed E-state index contributed by atoms with van der Waals surface area (Å²) in [7, 11) is 0. The Morgan fingerprint density at radius 1 is 1.24 bits per heavy atom. The first-order chi connectivity index (χ1) is 8.03. The lowest BCUT2D eigenvalue weighted by molar-refractivity contribution is 0.109. The smallest absolute Gasteiger partial charge is 0.0716 e. The van der Waals surface area contributed by atoms with Gasteiger partial charge in [0.2, 0.25) is 0 Å². The minimum atomic E-state index is 0.226. The molecule has 1 aromatic carbocycles. The molecule has 0 aliphatic heterocycles. The average molecular weight is 256 g/mol. The minimum Gasteiger partial charge on any atom is -0.377 e. The fourth-order valence-corrected chi connectivity index (χ4v) is 1.65. The van der Waals surface area contributed by atoms with Gasteiger partial charge in [-0.25, -0.2) is 0 Å². The normalized spacial score (nSPS) is 11.8. The predicted molar refractivity (Wildman–Crippen MR) is 73.2 cm³/mol. The van der Waals surface area contributed by atoms with E-state index in [1.165, 1.54) is 0 Å². The molecule has 17 heavy (non-hydrogen) atoms. The molecule has 0 saturated carbocycles. The number of nitrogens with two attached hydrogens (primary N) is 1. The molecule has 0 saturated heterocycles. The zero-order valence-corrected chi connectivity index (χ0v) is 11.5. The summed E-state index contributed by atoms with van der Waals surface area (Å²) in [5.41, 5.74) is 7.06. The lowest BCUT2D eigenvalue weighted by Crippen LogP contribution is -2.23. The highest BCUT2D eigenvalue weighted by Crippen LogP contribution is 2.20. The van der Waals surface area contributed by atoms with Crippen LogP contribution in [0.15, 0.2) is 24.3 Å². The monoisotopic (exact) mass is 255 g/mol. The van der Waals surface area contributed by atoms with Crippen molar-refractivity contribution >= 4 is 11.6 Å². The highest BCUT2D eigenvalue weighted by Gasteiger charge is 2.14. The molecule has 3 heteroatoms. The van der Waals surface area contributed by atoms with Gasteiger partial charge in [0.25, 0.3) is 0 Å². The van der Waals surface area contributed by atoms with E-state index >= 15 is 0 Å². The number of rotatable bonds is 7. The second-order valence-corrected chi connectivity index (χ2v) is 5.59. The Labute approximate surface area is 109 Å². The molecule has 0 heterocycles. The first-order valence-corrected chi connectivity index (χ1v) is 6.43. The van der Waals surface area contributed by atoms with Crippen LogP contribution < -0.4 is 5.73 Å². The molecule has 0 bridgehead atoms. The van der Waals surface area contributed by atoms with Crippen LogP contribution in [0.1, 0.15) is 32.3 Å². The summed E-state index contributed by atoms with van der Waals surface area (Å²) in [5.74, 6) is 0. The standard InChI is InChI=1S/C14H22ClNO/c1-14(2,11-16)8-3-9-17-10-12-4-6-13(15)7-5-12/h4-7H,3,8-11,16H2,1-2H3. The van der Waals surface area contributed by atoms with Crippen molar-refractivity contribution in [3.05, 3.63) is 34.9 Å². The molecule has 2 nitrogen and oxygen atoms in total. The van der Waals surface area contributed by atoms with Crippen LogP contribution in [0.2, 0.25) is 5.02 Å². The molecule has 0 amide bonds. The molecule has 0 spiro atoms. The molecule has 0 aliphatic rings. The lowest BCUT2D eigenvalue weighted by Gasteiger charge is -2.21. The van der Waals surface area contributed by atoms with Gasteiger partial charge in [-0.15, -0.1) is 0 Å². The van der Waals surface area contributed by atoms with Crippen molar-refractivity contribution in [3.63, 3.8) is 0 Å². The van der Waals surface area contributed by atoms with Gasteiger partial charge in [0.15, 0.2) is 0 Å². The van der Waals surface area contributed by atoms with Crippen LogP contribution in [-0.4, -0.2) is 13.2 Å². The Kier molecular flexibility index (Phi) is 5.96. The highest BCUT2D eigenvalue weighted by atomic mass is 35.5. The van der Waals surface area contributed by atoms with E-state index in [0.717, 1.165) is 36.6 Å². The van der Waals surface area contributed by atoms with E-state index in [-0.39, 0.29) is 5.41 Å². The van der Waals surface area contributed by atoms with Crippen molar-refractivity contribution < 1.29 is 4.74 Å². The van der Waals surface area contributed by atoms with E-state index in [4.69, 9.17) is 22.1 Å². The first-order valence-electron chi connectivity index (χ1n) is 6.06. The van der Waals surface area contributed by atoms with Crippen molar-refractivity contribution in [1.82, 2.24) is 0 Å². The second kappa shape index (κ2) is 7.00. The van der Waals surface area contributed by atoms with E-state index in [0.29, 0.717) is 6.61 Å². The van der Waals surface area contributed by atoms with Crippen molar-refractivity contribution in [2.24, 2.45) is 11.1 Å². The zero-order valence-electron chi connectivity index (χ0n) is 10.7. The van der Waals surface area contributed by atoms with Crippen LogP contribution in [0, 0.1) is 5.41 Å². The average Bonchev–Trinajstić information content (AvgIpc) is 2.31. The number of benzene rings is 1. The van der Waals surface area contributed by atoms with Crippen molar-refractivity contribution in [2.75, 3.05) is 13.2 Å². The fraction of sp³-hybridized carbons (Fsp3) is 0.571. The molecule has 0 atom stereocenters. The van der Waals surface area contributed by atoms with Gasteiger partial charge in [-0.1, -0.05) is 37.6 Å². The number of ether oxygens (including phenoxy) is 1. The Balaban J connectivity index is 2.14. The maximum Gasteiger partial charge on any atom is 0.0716 e. The van der Waals surface area contributed by atoms with Crippen LogP contribution in [0.3, 0.4) is 0 Å². The van der Waals surface area contributed by atoms with Gasteiger partial charge >= 0.3 is 0 Å². The summed E-state index contributed by atoms with van der Waals surface area (Å²) in [6.07, 6.45) is 2.15. The molecule has 1 aromatic rings. The Bertz CT molecular complexity index is 321. The first kappa shape index (κ1) is 14.5.